The summed E-state index contributed by atoms with van der Waals surface area (Å²) in [7, 11) is -2.70. The average Bonchev–Trinajstić information content (AvgIpc) is 2.46. The molecule has 2 rings (SSSR count). The van der Waals surface area contributed by atoms with E-state index in [1.165, 1.54) is 25.3 Å². The molecule has 0 amide bonds. The number of nitrogens with one attached hydrogen (secondary N) is 1. The van der Waals surface area contributed by atoms with Crippen molar-refractivity contribution in [2.24, 2.45) is 0 Å². The van der Waals surface area contributed by atoms with E-state index < -0.39 is 16.0 Å². The molecule has 22 heavy (non-hydrogen) atoms. The zero-order valence-corrected chi connectivity index (χ0v) is 13.5. The fourth-order valence-electron chi connectivity index (χ4n) is 1.87. The van der Waals surface area contributed by atoms with E-state index in [1.807, 2.05) is 13.0 Å². The van der Waals surface area contributed by atoms with Gasteiger partial charge in [0.25, 0.3) is 10.0 Å². The zero-order chi connectivity index (χ0) is 16.3. The maximum Gasteiger partial charge on any atom is 0.337 e. The summed E-state index contributed by atoms with van der Waals surface area (Å²) in [5, 5.41) is 0.0211. The van der Waals surface area contributed by atoms with Gasteiger partial charge in [-0.2, -0.15) is 0 Å². The monoisotopic (exact) mass is 339 g/mol. The minimum atomic E-state index is -3.91. The van der Waals surface area contributed by atoms with Crippen molar-refractivity contribution < 1.29 is 17.9 Å². The number of carbonyl (C=O) groups excluding carboxylic acids is 1. The van der Waals surface area contributed by atoms with E-state index in [0.29, 0.717) is 5.69 Å². The molecule has 0 aliphatic heterocycles. The molecular formula is C15H14ClNO4S. The molecule has 2 aromatic rings. The van der Waals surface area contributed by atoms with Gasteiger partial charge in [0.2, 0.25) is 0 Å². The highest BCUT2D eigenvalue weighted by atomic mass is 35.5. The van der Waals surface area contributed by atoms with Crippen molar-refractivity contribution in [3.8, 4) is 0 Å². The molecule has 0 heterocycles. The van der Waals surface area contributed by atoms with Crippen LogP contribution in [0.5, 0.6) is 0 Å². The number of aryl methyl sites for hydroxylation is 1. The van der Waals surface area contributed by atoms with E-state index in [1.54, 1.807) is 18.2 Å². The Balaban J connectivity index is 2.42. The van der Waals surface area contributed by atoms with Crippen molar-refractivity contribution in [2.45, 2.75) is 11.8 Å². The van der Waals surface area contributed by atoms with E-state index in [4.69, 9.17) is 11.6 Å². The van der Waals surface area contributed by atoms with Crippen molar-refractivity contribution in [3.63, 3.8) is 0 Å². The number of benzene rings is 2. The van der Waals surface area contributed by atoms with Gasteiger partial charge < -0.3 is 4.74 Å². The third-order valence-corrected chi connectivity index (χ3v) is 4.77. The van der Waals surface area contributed by atoms with Crippen LogP contribution in [0.3, 0.4) is 0 Å². The number of rotatable bonds is 4. The van der Waals surface area contributed by atoms with Gasteiger partial charge >= 0.3 is 5.97 Å². The second-order valence-electron chi connectivity index (χ2n) is 4.61. The van der Waals surface area contributed by atoms with Crippen LogP contribution >= 0.6 is 11.6 Å². The molecule has 0 atom stereocenters. The number of sulfonamides is 1. The molecule has 0 aliphatic rings. The maximum absolute atomic E-state index is 12.4. The van der Waals surface area contributed by atoms with Gasteiger partial charge in [-0.05, 0) is 42.8 Å². The molecule has 0 aliphatic carbocycles. The first-order valence-corrected chi connectivity index (χ1v) is 8.17. The lowest BCUT2D eigenvalue weighted by Gasteiger charge is -2.11. The van der Waals surface area contributed by atoms with Crippen LogP contribution in [-0.4, -0.2) is 21.5 Å². The molecule has 1 N–H and O–H groups in total. The third kappa shape index (κ3) is 3.58. The third-order valence-electron chi connectivity index (χ3n) is 2.91. The van der Waals surface area contributed by atoms with Crippen molar-refractivity contribution in [3.05, 3.63) is 58.6 Å². The molecule has 5 nitrogen and oxygen atoms in total. The Morgan fingerprint density at radius 3 is 2.55 bits per heavy atom. The highest BCUT2D eigenvalue weighted by Gasteiger charge is 2.20. The van der Waals surface area contributed by atoms with Gasteiger partial charge in [0.1, 0.15) is 4.90 Å². The highest BCUT2D eigenvalue weighted by Crippen LogP contribution is 2.25. The van der Waals surface area contributed by atoms with Crippen LogP contribution in [0.15, 0.2) is 47.4 Å². The van der Waals surface area contributed by atoms with Crippen LogP contribution in [0.2, 0.25) is 5.02 Å². The van der Waals surface area contributed by atoms with Gasteiger partial charge in [0, 0.05) is 5.69 Å². The van der Waals surface area contributed by atoms with Crippen molar-refractivity contribution in [2.75, 3.05) is 11.8 Å². The quantitative estimate of drug-likeness (QED) is 0.868. The number of methoxy groups -OCH3 is 1. The summed E-state index contributed by atoms with van der Waals surface area (Å²) in [6.45, 7) is 1.85. The Hall–Kier alpha value is -2.05. The summed E-state index contributed by atoms with van der Waals surface area (Å²) in [5.41, 5.74) is 1.44. The molecule has 2 aromatic carbocycles. The number of hydrogen-bond acceptors (Lipinski definition) is 4. The second-order valence-corrected chi connectivity index (χ2v) is 6.67. The number of halogens is 1. The van der Waals surface area contributed by atoms with E-state index in [2.05, 4.69) is 9.46 Å². The zero-order valence-electron chi connectivity index (χ0n) is 12.0. The molecule has 0 radical (unpaired) electrons. The highest BCUT2D eigenvalue weighted by molar-refractivity contribution is 7.92. The Kier molecular flexibility index (Phi) is 4.73. The maximum atomic E-state index is 12.4. The predicted octanol–water partition coefficient (Wildman–Crippen LogP) is 3.24. The average molecular weight is 340 g/mol. The summed E-state index contributed by atoms with van der Waals surface area (Å²) < 4.78 is 31.9. The Morgan fingerprint density at radius 2 is 1.91 bits per heavy atom. The molecular weight excluding hydrogens is 326 g/mol. The van der Waals surface area contributed by atoms with Crippen LogP contribution in [0.4, 0.5) is 5.69 Å². The normalized spacial score (nSPS) is 11.0. The predicted molar refractivity (Wildman–Crippen MR) is 84.8 cm³/mol. The summed E-state index contributed by atoms with van der Waals surface area (Å²) >= 11 is 5.95. The lowest BCUT2D eigenvalue weighted by atomic mass is 10.2. The van der Waals surface area contributed by atoms with Crippen LogP contribution in [-0.2, 0) is 14.8 Å². The molecule has 0 spiro atoms. The van der Waals surface area contributed by atoms with Crippen molar-refractivity contribution in [1.82, 2.24) is 0 Å². The molecule has 0 aromatic heterocycles. The Bertz CT molecular complexity index is 818. The standard InChI is InChI=1S/C15H14ClNO4S/c1-10-4-3-5-12(8-10)17-22(19,20)14-9-11(15(18)21-2)6-7-13(14)16/h3-9,17H,1-2H3. The van der Waals surface area contributed by atoms with Crippen molar-refractivity contribution in [1.29, 1.82) is 0 Å². The SMILES string of the molecule is COC(=O)c1ccc(Cl)c(S(=O)(=O)Nc2cccc(C)c2)c1. The Labute approximate surface area is 133 Å². The van der Waals surface area contributed by atoms with E-state index in [-0.39, 0.29) is 15.5 Å². The van der Waals surface area contributed by atoms with Gasteiger partial charge in [0.05, 0.1) is 17.7 Å². The number of carbonyl (C=O) groups is 1. The molecule has 0 bridgehead atoms. The second kappa shape index (κ2) is 6.37. The lowest BCUT2D eigenvalue weighted by Crippen LogP contribution is -2.14. The smallest absolute Gasteiger partial charge is 0.337 e. The van der Waals surface area contributed by atoms with Crippen LogP contribution in [0.1, 0.15) is 15.9 Å². The minimum Gasteiger partial charge on any atom is -0.465 e. The summed E-state index contributed by atoms with van der Waals surface area (Å²) in [4.78, 5) is 11.3. The van der Waals surface area contributed by atoms with Gasteiger partial charge in [-0.1, -0.05) is 23.7 Å². The first kappa shape index (κ1) is 16.3. The molecule has 0 saturated heterocycles. The van der Waals surface area contributed by atoms with Gasteiger partial charge in [-0.3, -0.25) is 4.72 Å². The minimum absolute atomic E-state index is 0.0211. The fraction of sp³-hybridized carbons (Fsp3) is 0.133. The number of anilines is 1. The van der Waals surface area contributed by atoms with Crippen LogP contribution in [0, 0.1) is 6.92 Å². The van der Waals surface area contributed by atoms with Crippen LogP contribution < -0.4 is 4.72 Å². The van der Waals surface area contributed by atoms with E-state index >= 15 is 0 Å². The first-order valence-electron chi connectivity index (χ1n) is 6.31. The van der Waals surface area contributed by atoms with Gasteiger partial charge in [-0.25, -0.2) is 13.2 Å². The summed E-state index contributed by atoms with van der Waals surface area (Å²) in [6.07, 6.45) is 0. The number of hydrogen-bond donors (Lipinski definition) is 1. The Morgan fingerprint density at radius 1 is 1.18 bits per heavy atom. The number of esters is 1. The van der Waals surface area contributed by atoms with Crippen molar-refractivity contribution >= 4 is 33.3 Å². The lowest BCUT2D eigenvalue weighted by molar-refractivity contribution is 0.0600. The topological polar surface area (TPSA) is 72.5 Å². The molecule has 0 fully saturated rings. The molecule has 116 valence electrons. The van der Waals surface area contributed by atoms with Gasteiger partial charge in [-0.15, -0.1) is 0 Å². The fourth-order valence-corrected chi connectivity index (χ4v) is 3.45. The van der Waals surface area contributed by atoms with Gasteiger partial charge in [0.15, 0.2) is 0 Å². The molecule has 7 heteroatoms. The van der Waals surface area contributed by atoms with E-state index in [9.17, 15) is 13.2 Å². The molecule has 0 saturated carbocycles. The first-order chi connectivity index (χ1) is 10.3. The van der Waals surface area contributed by atoms with E-state index in [0.717, 1.165) is 5.56 Å². The largest absolute Gasteiger partial charge is 0.465 e. The summed E-state index contributed by atoms with van der Waals surface area (Å²) in [6, 6.07) is 10.8. The summed E-state index contributed by atoms with van der Waals surface area (Å²) in [5.74, 6) is -0.635. The van der Waals surface area contributed by atoms with Crippen LogP contribution in [0.25, 0.3) is 0 Å². The number of ether oxygens (including phenoxy) is 1. The molecule has 0 unspecified atom stereocenters.